The summed E-state index contributed by atoms with van der Waals surface area (Å²) in [5.41, 5.74) is 0.447. The molecule has 1 heterocycles. The minimum Gasteiger partial charge on any atom is -0.378 e. The van der Waals surface area contributed by atoms with Crippen molar-refractivity contribution in [2.45, 2.75) is 56.2 Å². The lowest BCUT2D eigenvalue weighted by atomic mass is 9.71. The molecular weight excluding hydrogens is 315 g/mol. The monoisotopic (exact) mass is 338 g/mol. The molecule has 0 aromatic rings. The first-order valence-corrected chi connectivity index (χ1v) is 7.58. The lowest BCUT2D eigenvalue weighted by molar-refractivity contribution is -0.0636. The van der Waals surface area contributed by atoms with Crippen molar-refractivity contribution >= 4 is 22.6 Å². The smallest absolute Gasteiger partial charge is 0.0951 e. The Morgan fingerprint density at radius 3 is 2.56 bits per heavy atom. The van der Waals surface area contributed by atoms with Crippen LogP contribution in [-0.2, 0) is 9.47 Å². The summed E-state index contributed by atoms with van der Waals surface area (Å²) in [5, 5.41) is 0. The van der Waals surface area contributed by atoms with E-state index in [1.807, 2.05) is 0 Å². The van der Waals surface area contributed by atoms with Gasteiger partial charge >= 0.3 is 0 Å². The predicted octanol–water partition coefficient (Wildman–Crippen LogP) is 3.42. The zero-order valence-electron chi connectivity index (χ0n) is 10.5. The molecule has 4 atom stereocenters. The molecule has 1 saturated heterocycles. The van der Waals surface area contributed by atoms with Crippen LogP contribution in [0.4, 0.5) is 0 Å². The van der Waals surface area contributed by atoms with Crippen LogP contribution < -0.4 is 0 Å². The van der Waals surface area contributed by atoms with Gasteiger partial charge in [-0.1, -0.05) is 43.4 Å². The molecule has 16 heavy (non-hydrogen) atoms. The van der Waals surface area contributed by atoms with Crippen LogP contribution in [0, 0.1) is 11.3 Å². The Kier molecular flexibility index (Phi) is 4.18. The standard InChI is InChI=1S/C13H23IO2/c1-9-4-10(6-13(2,3)5-9)16-12-8-15-7-11(12)14/h9-12H,4-8H2,1-3H3. The van der Waals surface area contributed by atoms with Crippen LogP contribution in [0.25, 0.3) is 0 Å². The Labute approximate surface area is 113 Å². The molecule has 0 bridgehead atoms. The second kappa shape index (κ2) is 5.11. The lowest BCUT2D eigenvalue weighted by Crippen LogP contribution is -2.37. The van der Waals surface area contributed by atoms with E-state index in [4.69, 9.17) is 9.47 Å². The Morgan fingerprint density at radius 1 is 1.25 bits per heavy atom. The van der Waals surface area contributed by atoms with Gasteiger partial charge in [-0.2, -0.15) is 0 Å². The van der Waals surface area contributed by atoms with Crippen LogP contribution in [0.15, 0.2) is 0 Å². The molecule has 0 spiro atoms. The number of alkyl halides is 1. The molecule has 0 aromatic carbocycles. The van der Waals surface area contributed by atoms with Gasteiger partial charge in [0.25, 0.3) is 0 Å². The maximum atomic E-state index is 6.24. The first-order valence-electron chi connectivity index (χ1n) is 6.33. The first kappa shape index (κ1) is 13.1. The quantitative estimate of drug-likeness (QED) is 0.567. The first-order chi connectivity index (χ1) is 7.46. The summed E-state index contributed by atoms with van der Waals surface area (Å²) in [5.74, 6) is 0.795. The highest BCUT2D eigenvalue weighted by atomic mass is 127. The van der Waals surface area contributed by atoms with Gasteiger partial charge in [0.15, 0.2) is 0 Å². The van der Waals surface area contributed by atoms with Crippen LogP contribution in [0.2, 0.25) is 0 Å². The molecule has 1 aliphatic heterocycles. The van der Waals surface area contributed by atoms with E-state index in [1.54, 1.807) is 0 Å². The molecule has 3 heteroatoms. The average Bonchev–Trinajstić information content (AvgIpc) is 2.48. The molecule has 2 fully saturated rings. The minimum atomic E-state index is 0.326. The summed E-state index contributed by atoms with van der Waals surface area (Å²) in [6, 6.07) is 0. The molecule has 2 rings (SSSR count). The third-order valence-electron chi connectivity index (χ3n) is 3.68. The molecular formula is C13H23IO2. The van der Waals surface area contributed by atoms with Crippen LogP contribution >= 0.6 is 22.6 Å². The van der Waals surface area contributed by atoms with Gasteiger partial charge in [-0.25, -0.2) is 0 Å². The summed E-state index contributed by atoms with van der Waals surface area (Å²) < 4.78 is 12.2. The third-order valence-corrected chi connectivity index (χ3v) is 4.84. The number of halogens is 1. The van der Waals surface area contributed by atoms with Crippen molar-refractivity contribution < 1.29 is 9.47 Å². The van der Waals surface area contributed by atoms with Crippen LogP contribution in [0.1, 0.15) is 40.0 Å². The van der Waals surface area contributed by atoms with Gasteiger partial charge < -0.3 is 9.47 Å². The van der Waals surface area contributed by atoms with E-state index in [-0.39, 0.29) is 0 Å². The predicted molar refractivity (Wildman–Crippen MR) is 74.1 cm³/mol. The molecule has 94 valence electrons. The maximum Gasteiger partial charge on any atom is 0.0951 e. The fraction of sp³-hybridized carbons (Fsp3) is 1.00. The fourth-order valence-corrected chi connectivity index (χ4v) is 3.87. The van der Waals surface area contributed by atoms with Gasteiger partial charge in [-0.05, 0) is 30.6 Å². The second-order valence-corrected chi connectivity index (χ2v) is 7.86. The molecule has 0 aromatic heterocycles. The van der Waals surface area contributed by atoms with Gasteiger partial charge in [0.05, 0.1) is 29.3 Å². The molecule has 4 unspecified atom stereocenters. The Hall–Kier alpha value is 0.650. The highest BCUT2D eigenvalue weighted by molar-refractivity contribution is 14.1. The highest BCUT2D eigenvalue weighted by Gasteiger charge is 2.36. The van der Waals surface area contributed by atoms with Crippen molar-refractivity contribution in [1.82, 2.24) is 0 Å². The van der Waals surface area contributed by atoms with E-state index in [0.717, 1.165) is 19.1 Å². The fourth-order valence-electron chi connectivity index (χ4n) is 3.24. The average molecular weight is 338 g/mol. The van der Waals surface area contributed by atoms with Crippen LogP contribution in [0.5, 0.6) is 0 Å². The molecule has 1 saturated carbocycles. The normalized spacial score (nSPS) is 43.5. The van der Waals surface area contributed by atoms with Gasteiger partial charge in [0.2, 0.25) is 0 Å². The van der Waals surface area contributed by atoms with Crippen molar-refractivity contribution in [2.24, 2.45) is 11.3 Å². The third kappa shape index (κ3) is 3.33. The number of rotatable bonds is 2. The molecule has 2 aliphatic rings. The largest absolute Gasteiger partial charge is 0.378 e. The van der Waals surface area contributed by atoms with Gasteiger partial charge in [0.1, 0.15) is 0 Å². The summed E-state index contributed by atoms with van der Waals surface area (Å²) in [6.07, 6.45) is 4.54. The SMILES string of the molecule is CC1CC(OC2COCC2I)CC(C)(C)C1. The lowest BCUT2D eigenvalue weighted by Gasteiger charge is -2.39. The Balaban J connectivity index is 1.89. The van der Waals surface area contributed by atoms with Crippen molar-refractivity contribution in [1.29, 1.82) is 0 Å². The van der Waals surface area contributed by atoms with Crippen LogP contribution in [-0.4, -0.2) is 29.3 Å². The van der Waals surface area contributed by atoms with E-state index in [9.17, 15) is 0 Å². The number of hydrogen-bond acceptors (Lipinski definition) is 2. The Morgan fingerprint density at radius 2 is 2.00 bits per heavy atom. The summed E-state index contributed by atoms with van der Waals surface area (Å²) in [6.45, 7) is 8.73. The minimum absolute atomic E-state index is 0.326. The zero-order valence-corrected chi connectivity index (χ0v) is 12.7. The van der Waals surface area contributed by atoms with E-state index in [0.29, 0.717) is 21.5 Å². The topological polar surface area (TPSA) is 18.5 Å². The molecule has 0 amide bonds. The van der Waals surface area contributed by atoms with Gasteiger partial charge in [-0.15, -0.1) is 0 Å². The van der Waals surface area contributed by atoms with Crippen molar-refractivity contribution in [3.05, 3.63) is 0 Å². The molecule has 0 radical (unpaired) electrons. The van der Waals surface area contributed by atoms with E-state index in [1.165, 1.54) is 19.3 Å². The highest BCUT2D eigenvalue weighted by Crippen LogP contribution is 2.40. The zero-order chi connectivity index (χ0) is 11.8. The van der Waals surface area contributed by atoms with Crippen molar-refractivity contribution in [2.75, 3.05) is 13.2 Å². The van der Waals surface area contributed by atoms with E-state index >= 15 is 0 Å². The Bertz CT molecular complexity index is 242. The van der Waals surface area contributed by atoms with E-state index < -0.39 is 0 Å². The van der Waals surface area contributed by atoms with Crippen LogP contribution in [0.3, 0.4) is 0 Å². The van der Waals surface area contributed by atoms with Gasteiger partial charge in [-0.3, -0.25) is 0 Å². The number of ether oxygens (including phenoxy) is 2. The van der Waals surface area contributed by atoms with Crippen molar-refractivity contribution in [3.8, 4) is 0 Å². The maximum absolute atomic E-state index is 6.24. The summed E-state index contributed by atoms with van der Waals surface area (Å²) >= 11 is 2.45. The summed E-state index contributed by atoms with van der Waals surface area (Å²) in [7, 11) is 0. The molecule has 2 nitrogen and oxygen atoms in total. The molecule has 1 aliphatic carbocycles. The second-order valence-electron chi connectivity index (χ2n) is 6.26. The van der Waals surface area contributed by atoms with Gasteiger partial charge in [0, 0.05) is 0 Å². The number of hydrogen-bond donors (Lipinski definition) is 0. The molecule has 0 N–H and O–H groups in total. The summed E-state index contributed by atoms with van der Waals surface area (Å²) in [4.78, 5) is 0. The van der Waals surface area contributed by atoms with Crippen molar-refractivity contribution in [3.63, 3.8) is 0 Å². The van der Waals surface area contributed by atoms with E-state index in [2.05, 4.69) is 43.4 Å².